The Labute approximate surface area is 111 Å². The summed E-state index contributed by atoms with van der Waals surface area (Å²) in [5.41, 5.74) is 0. The first-order valence-electron chi connectivity index (χ1n) is 7.44. The molecule has 1 aliphatic carbocycles. The van der Waals surface area contributed by atoms with Gasteiger partial charge in [-0.25, -0.2) is 0 Å². The number of nitrogens with one attached hydrogen (secondary N) is 2. The van der Waals surface area contributed by atoms with Crippen LogP contribution in [-0.4, -0.2) is 49.6 Å². The van der Waals surface area contributed by atoms with Crippen LogP contribution >= 0.6 is 0 Å². The fourth-order valence-corrected chi connectivity index (χ4v) is 2.57. The molecule has 1 aliphatic heterocycles. The van der Waals surface area contributed by atoms with Crippen LogP contribution in [0.2, 0.25) is 0 Å². The van der Waals surface area contributed by atoms with Crippen LogP contribution in [0.5, 0.6) is 0 Å². The molecular formula is C14H28N4. The lowest BCUT2D eigenvalue weighted by molar-refractivity contribution is 0.314. The molecule has 2 fully saturated rings. The first-order valence-corrected chi connectivity index (χ1v) is 7.44. The number of nitrogens with zero attached hydrogens (tertiary/aromatic N) is 2. The van der Waals surface area contributed by atoms with Crippen molar-refractivity contribution < 1.29 is 0 Å². The van der Waals surface area contributed by atoms with Crippen LogP contribution < -0.4 is 10.6 Å². The second-order valence-corrected chi connectivity index (χ2v) is 5.79. The summed E-state index contributed by atoms with van der Waals surface area (Å²) in [7, 11) is 1.85. The van der Waals surface area contributed by atoms with Crippen LogP contribution in [0.1, 0.15) is 39.5 Å². The Hall–Kier alpha value is -0.770. The maximum atomic E-state index is 4.28. The molecule has 0 aromatic heterocycles. The second kappa shape index (κ2) is 6.41. The lowest BCUT2D eigenvalue weighted by atomic mass is 10.1. The molecule has 4 nitrogen and oxygen atoms in total. The maximum absolute atomic E-state index is 4.28. The molecule has 104 valence electrons. The van der Waals surface area contributed by atoms with Gasteiger partial charge in [-0.2, -0.15) is 0 Å². The Kier molecular flexibility index (Phi) is 4.87. The molecule has 0 radical (unpaired) electrons. The van der Waals surface area contributed by atoms with Crippen LogP contribution in [0.3, 0.4) is 0 Å². The highest BCUT2D eigenvalue weighted by atomic mass is 15.2. The maximum Gasteiger partial charge on any atom is 0.191 e. The molecule has 2 aliphatic rings. The molecule has 0 spiro atoms. The molecule has 2 atom stereocenters. The standard InChI is InChI=1S/C14H28N4/c1-4-11(2)17-14(15-3)16-9-12-7-8-18(10-12)13-5-6-13/h11-13H,4-10H2,1-3H3,(H2,15,16,17). The van der Waals surface area contributed by atoms with E-state index >= 15 is 0 Å². The van der Waals surface area contributed by atoms with Gasteiger partial charge in [0.05, 0.1) is 0 Å². The Morgan fingerprint density at radius 1 is 1.39 bits per heavy atom. The summed E-state index contributed by atoms with van der Waals surface area (Å²) in [4.78, 5) is 6.95. The number of aliphatic imine (C=N–C) groups is 1. The van der Waals surface area contributed by atoms with E-state index < -0.39 is 0 Å². The minimum absolute atomic E-state index is 0.489. The SMILES string of the molecule is CCC(C)NC(=NC)NCC1CCN(C2CC2)C1. The van der Waals surface area contributed by atoms with Gasteiger partial charge in [-0.3, -0.25) is 4.99 Å². The third-order valence-corrected chi connectivity index (χ3v) is 4.16. The molecule has 2 unspecified atom stereocenters. The lowest BCUT2D eigenvalue weighted by Crippen LogP contribution is -2.44. The van der Waals surface area contributed by atoms with Gasteiger partial charge in [0, 0.05) is 32.2 Å². The van der Waals surface area contributed by atoms with Crippen molar-refractivity contribution in [2.45, 2.75) is 51.6 Å². The molecular weight excluding hydrogens is 224 g/mol. The van der Waals surface area contributed by atoms with Crippen molar-refractivity contribution in [2.24, 2.45) is 10.9 Å². The fourth-order valence-electron chi connectivity index (χ4n) is 2.57. The number of rotatable bonds is 5. The number of likely N-dealkylation sites (tertiary alicyclic amines) is 1. The molecule has 18 heavy (non-hydrogen) atoms. The number of hydrogen-bond acceptors (Lipinski definition) is 2. The minimum Gasteiger partial charge on any atom is -0.356 e. The predicted molar refractivity (Wildman–Crippen MR) is 77.0 cm³/mol. The van der Waals surface area contributed by atoms with E-state index in [1.807, 2.05) is 7.05 Å². The van der Waals surface area contributed by atoms with Gasteiger partial charge in [0.2, 0.25) is 0 Å². The Morgan fingerprint density at radius 2 is 2.17 bits per heavy atom. The highest BCUT2D eigenvalue weighted by Crippen LogP contribution is 2.31. The van der Waals surface area contributed by atoms with Crippen molar-refractivity contribution >= 4 is 5.96 Å². The third kappa shape index (κ3) is 3.87. The monoisotopic (exact) mass is 252 g/mol. The van der Waals surface area contributed by atoms with Crippen molar-refractivity contribution in [1.82, 2.24) is 15.5 Å². The molecule has 1 heterocycles. The summed E-state index contributed by atoms with van der Waals surface area (Å²) in [6.45, 7) is 8.01. The average Bonchev–Trinajstić information content (AvgIpc) is 3.13. The lowest BCUT2D eigenvalue weighted by Gasteiger charge is -2.19. The van der Waals surface area contributed by atoms with Crippen molar-refractivity contribution in [2.75, 3.05) is 26.7 Å². The van der Waals surface area contributed by atoms with E-state index in [9.17, 15) is 0 Å². The summed E-state index contributed by atoms with van der Waals surface area (Å²) >= 11 is 0. The van der Waals surface area contributed by atoms with Gasteiger partial charge in [0.1, 0.15) is 0 Å². The first-order chi connectivity index (χ1) is 8.72. The van der Waals surface area contributed by atoms with Gasteiger partial charge < -0.3 is 15.5 Å². The predicted octanol–water partition coefficient (Wildman–Crippen LogP) is 1.43. The summed E-state index contributed by atoms with van der Waals surface area (Å²) in [6, 6.07) is 1.41. The van der Waals surface area contributed by atoms with Crippen LogP contribution in [0.4, 0.5) is 0 Å². The zero-order valence-electron chi connectivity index (χ0n) is 12.1. The minimum atomic E-state index is 0.489. The molecule has 0 amide bonds. The summed E-state index contributed by atoms with van der Waals surface area (Å²) < 4.78 is 0. The summed E-state index contributed by atoms with van der Waals surface area (Å²) in [6.07, 6.45) is 5.32. The summed E-state index contributed by atoms with van der Waals surface area (Å²) in [5, 5.41) is 6.88. The van der Waals surface area contributed by atoms with E-state index in [1.54, 1.807) is 0 Å². The highest BCUT2D eigenvalue weighted by molar-refractivity contribution is 5.79. The second-order valence-electron chi connectivity index (χ2n) is 5.79. The molecule has 1 saturated carbocycles. The number of guanidine groups is 1. The Bertz CT molecular complexity index is 286. The van der Waals surface area contributed by atoms with Gasteiger partial charge >= 0.3 is 0 Å². The van der Waals surface area contributed by atoms with E-state index in [0.29, 0.717) is 6.04 Å². The van der Waals surface area contributed by atoms with Gasteiger partial charge in [-0.05, 0) is 45.1 Å². The third-order valence-electron chi connectivity index (χ3n) is 4.16. The largest absolute Gasteiger partial charge is 0.356 e. The van der Waals surface area contributed by atoms with Gasteiger partial charge in [0.15, 0.2) is 5.96 Å². The van der Waals surface area contributed by atoms with Gasteiger partial charge in [-0.1, -0.05) is 6.92 Å². The van der Waals surface area contributed by atoms with Gasteiger partial charge in [0.25, 0.3) is 0 Å². The van der Waals surface area contributed by atoms with Crippen LogP contribution in [0.15, 0.2) is 4.99 Å². The molecule has 2 N–H and O–H groups in total. The van der Waals surface area contributed by atoms with E-state index in [-0.39, 0.29) is 0 Å². The zero-order valence-corrected chi connectivity index (χ0v) is 12.1. The van der Waals surface area contributed by atoms with Crippen LogP contribution in [0.25, 0.3) is 0 Å². The molecule has 2 rings (SSSR count). The van der Waals surface area contributed by atoms with Crippen molar-refractivity contribution in [3.05, 3.63) is 0 Å². The van der Waals surface area contributed by atoms with E-state index in [1.165, 1.54) is 32.4 Å². The topological polar surface area (TPSA) is 39.7 Å². The average molecular weight is 252 g/mol. The Balaban J connectivity index is 1.67. The zero-order chi connectivity index (χ0) is 13.0. The molecule has 1 saturated heterocycles. The van der Waals surface area contributed by atoms with Crippen LogP contribution in [0, 0.1) is 5.92 Å². The summed E-state index contributed by atoms with van der Waals surface area (Å²) in [5.74, 6) is 1.75. The molecule has 0 aromatic rings. The molecule has 0 bridgehead atoms. The molecule has 4 heteroatoms. The van der Waals surface area contributed by atoms with E-state index in [2.05, 4.69) is 34.4 Å². The fraction of sp³-hybridized carbons (Fsp3) is 0.929. The Morgan fingerprint density at radius 3 is 2.78 bits per heavy atom. The van der Waals surface area contributed by atoms with Crippen molar-refractivity contribution in [3.8, 4) is 0 Å². The van der Waals surface area contributed by atoms with E-state index in [0.717, 1.165) is 30.9 Å². The quantitative estimate of drug-likeness (QED) is 0.574. The normalized spacial score (nSPS) is 27.3. The van der Waals surface area contributed by atoms with Crippen molar-refractivity contribution in [3.63, 3.8) is 0 Å². The smallest absolute Gasteiger partial charge is 0.191 e. The number of hydrogen-bond donors (Lipinski definition) is 2. The van der Waals surface area contributed by atoms with Crippen LogP contribution in [-0.2, 0) is 0 Å². The highest BCUT2D eigenvalue weighted by Gasteiger charge is 2.34. The first kappa shape index (κ1) is 13.7. The molecule has 0 aromatic carbocycles. The van der Waals surface area contributed by atoms with E-state index in [4.69, 9.17) is 0 Å². The van der Waals surface area contributed by atoms with Gasteiger partial charge in [-0.15, -0.1) is 0 Å². The van der Waals surface area contributed by atoms with Crippen molar-refractivity contribution in [1.29, 1.82) is 0 Å².